The first kappa shape index (κ1) is 15.2. The molecular formula is C13H17ClN4OS. The van der Waals surface area contributed by atoms with Crippen LogP contribution in [0, 0.1) is 0 Å². The van der Waals surface area contributed by atoms with E-state index in [9.17, 15) is 4.79 Å². The van der Waals surface area contributed by atoms with E-state index in [1.54, 1.807) is 24.3 Å². The molecule has 20 heavy (non-hydrogen) atoms. The summed E-state index contributed by atoms with van der Waals surface area (Å²) in [5, 5.41) is 5.32. The highest BCUT2D eigenvalue weighted by molar-refractivity contribution is 7.82. The van der Waals surface area contributed by atoms with Gasteiger partial charge >= 0.3 is 0 Å². The van der Waals surface area contributed by atoms with Crippen LogP contribution >= 0.6 is 23.8 Å². The van der Waals surface area contributed by atoms with Crippen molar-refractivity contribution in [3.8, 4) is 0 Å². The zero-order chi connectivity index (χ0) is 14.5. The van der Waals surface area contributed by atoms with Crippen LogP contribution in [-0.4, -0.2) is 54.0 Å². The van der Waals surface area contributed by atoms with Gasteiger partial charge in [0.2, 0.25) is 0 Å². The molecule has 7 heteroatoms. The molecule has 0 saturated carbocycles. The number of benzene rings is 1. The first-order valence-corrected chi connectivity index (χ1v) is 7.14. The van der Waals surface area contributed by atoms with Gasteiger partial charge in [0.15, 0.2) is 4.99 Å². The lowest BCUT2D eigenvalue weighted by molar-refractivity contribution is -0.110. The summed E-state index contributed by atoms with van der Waals surface area (Å²) >= 11 is 10.9. The van der Waals surface area contributed by atoms with E-state index < -0.39 is 0 Å². The number of nitrogens with zero attached hydrogens (tertiary/aromatic N) is 2. The van der Waals surface area contributed by atoms with Gasteiger partial charge in [0.25, 0.3) is 5.91 Å². The van der Waals surface area contributed by atoms with Gasteiger partial charge in [-0.2, -0.15) is 0 Å². The van der Waals surface area contributed by atoms with E-state index in [4.69, 9.17) is 23.8 Å². The van der Waals surface area contributed by atoms with Crippen LogP contribution in [0.3, 0.4) is 0 Å². The van der Waals surface area contributed by atoms with Crippen molar-refractivity contribution in [2.75, 3.05) is 38.5 Å². The number of piperazine rings is 1. The molecule has 1 aliphatic heterocycles. The van der Waals surface area contributed by atoms with Crippen LogP contribution in [0.4, 0.5) is 5.69 Å². The number of hydrazine groups is 1. The Bertz CT molecular complexity index is 486. The number of hydrogen-bond acceptors (Lipinski definition) is 4. The molecule has 1 aromatic rings. The Hall–Kier alpha value is -1.21. The number of amides is 1. The molecule has 1 amide bonds. The standard InChI is InChI=1S/C13H17ClN4OS/c1-17-6-8-18(9-7-17)16-13(20)12(19)15-11-4-2-10(14)3-5-11/h2-5H,6-9H2,1H3,(H,15,19)(H,16,20). The topological polar surface area (TPSA) is 47.6 Å². The fraction of sp³-hybridized carbons (Fsp3) is 0.385. The quantitative estimate of drug-likeness (QED) is 0.808. The van der Waals surface area contributed by atoms with Gasteiger partial charge in [-0.15, -0.1) is 0 Å². The maximum absolute atomic E-state index is 12.0. The van der Waals surface area contributed by atoms with Crippen molar-refractivity contribution in [3.63, 3.8) is 0 Å². The largest absolute Gasteiger partial charge is 0.320 e. The lowest BCUT2D eigenvalue weighted by Gasteiger charge is -2.32. The molecule has 5 nitrogen and oxygen atoms in total. The Labute approximate surface area is 128 Å². The molecule has 0 radical (unpaired) electrons. The minimum Gasteiger partial charge on any atom is -0.320 e. The smallest absolute Gasteiger partial charge is 0.284 e. The normalized spacial score (nSPS) is 16.7. The van der Waals surface area contributed by atoms with E-state index >= 15 is 0 Å². The predicted molar refractivity (Wildman–Crippen MR) is 84.9 cm³/mol. The molecule has 0 aromatic heterocycles. The van der Waals surface area contributed by atoms with Crippen LogP contribution < -0.4 is 10.7 Å². The molecule has 1 aliphatic rings. The SMILES string of the molecule is CN1CCN(NC(=S)C(=O)Nc2ccc(Cl)cc2)CC1. The summed E-state index contributed by atoms with van der Waals surface area (Å²) in [4.78, 5) is 14.4. The van der Waals surface area contributed by atoms with E-state index in [0.29, 0.717) is 10.7 Å². The summed E-state index contributed by atoms with van der Waals surface area (Å²) in [6.07, 6.45) is 0. The van der Waals surface area contributed by atoms with Gasteiger partial charge in [0.1, 0.15) is 0 Å². The molecule has 1 saturated heterocycles. The summed E-state index contributed by atoms with van der Waals surface area (Å²) in [5.74, 6) is -0.318. The molecule has 0 aliphatic carbocycles. The van der Waals surface area contributed by atoms with Gasteiger partial charge in [0, 0.05) is 36.9 Å². The average Bonchev–Trinajstić information content (AvgIpc) is 2.44. The lowest BCUT2D eigenvalue weighted by atomic mass is 10.3. The third-order valence-electron chi connectivity index (χ3n) is 3.07. The Balaban J connectivity index is 1.83. The van der Waals surface area contributed by atoms with Gasteiger partial charge in [-0.3, -0.25) is 4.79 Å². The number of hydrogen-bond donors (Lipinski definition) is 2. The molecule has 1 fully saturated rings. The number of nitrogens with one attached hydrogen (secondary N) is 2. The highest BCUT2D eigenvalue weighted by Gasteiger charge is 2.17. The lowest BCUT2D eigenvalue weighted by Crippen LogP contribution is -2.54. The number of likely N-dealkylation sites (N-methyl/N-ethyl adjacent to an activating group) is 1. The number of halogens is 1. The fourth-order valence-corrected chi connectivity index (χ4v) is 2.14. The number of rotatable bonds is 2. The second-order valence-corrected chi connectivity index (χ2v) is 5.54. The molecule has 2 N–H and O–H groups in total. The summed E-state index contributed by atoms with van der Waals surface area (Å²) in [5.41, 5.74) is 3.64. The van der Waals surface area contributed by atoms with Gasteiger partial charge in [-0.25, -0.2) is 5.01 Å². The highest BCUT2D eigenvalue weighted by atomic mass is 35.5. The highest BCUT2D eigenvalue weighted by Crippen LogP contribution is 2.13. The summed E-state index contributed by atoms with van der Waals surface area (Å²) in [7, 11) is 2.07. The first-order valence-electron chi connectivity index (χ1n) is 6.35. The van der Waals surface area contributed by atoms with Crippen LogP contribution in [0.15, 0.2) is 24.3 Å². The number of anilines is 1. The Morgan fingerprint density at radius 2 is 1.80 bits per heavy atom. The molecular weight excluding hydrogens is 296 g/mol. The van der Waals surface area contributed by atoms with Crippen LogP contribution in [0.25, 0.3) is 0 Å². The second-order valence-electron chi connectivity index (χ2n) is 4.69. The molecule has 0 spiro atoms. The van der Waals surface area contributed by atoms with Crippen molar-refractivity contribution in [2.24, 2.45) is 0 Å². The van der Waals surface area contributed by atoms with Crippen molar-refractivity contribution < 1.29 is 4.79 Å². The monoisotopic (exact) mass is 312 g/mol. The van der Waals surface area contributed by atoms with Crippen molar-refractivity contribution >= 4 is 40.4 Å². The Kier molecular flexibility index (Phi) is 5.31. The number of carbonyl (C=O) groups excluding carboxylic acids is 1. The van der Waals surface area contributed by atoms with Gasteiger partial charge in [0.05, 0.1) is 0 Å². The van der Waals surface area contributed by atoms with Gasteiger partial charge in [-0.1, -0.05) is 23.8 Å². The molecule has 0 unspecified atom stereocenters. The van der Waals surface area contributed by atoms with E-state index in [1.807, 2.05) is 5.01 Å². The van der Waals surface area contributed by atoms with Crippen molar-refractivity contribution in [3.05, 3.63) is 29.3 Å². The van der Waals surface area contributed by atoms with Gasteiger partial charge in [-0.05, 0) is 31.3 Å². The van der Waals surface area contributed by atoms with Gasteiger partial charge < -0.3 is 15.6 Å². The molecule has 0 atom stereocenters. The average molecular weight is 313 g/mol. The van der Waals surface area contributed by atoms with E-state index in [1.165, 1.54) is 0 Å². The summed E-state index contributed by atoms with van der Waals surface area (Å²) < 4.78 is 0. The minimum atomic E-state index is -0.318. The van der Waals surface area contributed by atoms with Crippen LogP contribution in [0.2, 0.25) is 5.02 Å². The third kappa shape index (κ3) is 4.42. The fourth-order valence-electron chi connectivity index (χ4n) is 1.83. The zero-order valence-corrected chi connectivity index (χ0v) is 12.8. The second kappa shape index (κ2) is 6.99. The maximum Gasteiger partial charge on any atom is 0.284 e. The van der Waals surface area contributed by atoms with E-state index in [-0.39, 0.29) is 10.9 Å². The summed E-state index contributed by atoms with van der Waals surface area (Å²) in [6, 6.07) is 6.90. The Morgan fingerprint density at radius 3 is 2.40 bits per heavy atom. The van der Waals surface area contributed by atoms with Crippen molar-refractivity contribution in [1.82, 2.24) is 15.3 Å². The van der Waals surface area contributed by atoms with E-state index in [0.717, 1.165) is 26.2 Å². The molecule has 108 valence electrons. The third-order valence-corrected chi connectivity index (χ3v) is 3.60. The number of thiocarbonyl (C=S) groups is 1. The summed E-state index contributed by atoms with van der Waals surface area (Å²) in [6.45, 7) is 3.58. The van der Waals surface area contributed by atoms with Crippen molar-refractivity contribution in [2.45, 2.75) is 0 Å². The maximum atomic E-state index is 12.0. The molecule has 2 rings (SSSR count). The first-order chi connectivity index (χ1) is 9.54. The van der Waals surface area contributed by atoms with E-state index in [2.05, 4.69) is 22.7 Å². The molecule has 0 bridgehead atoms. The Morgan fingerprint density at radius 1 is 1.20 bits per heavy atom. The predicted octanol–water partition coefficient (Wildman–Crippen LogP) is 1.36. The van der Waals surface area contributed by atoms with Crippen molar-refractivity contribution in [1.29, 1.82) is 0 Å². The minimum absolute atomic E-state index is 0.171. The number of carbonyl (C=O) groups is 1. The molecule has 1 aromatic carbocycles. The van der Waals surface area contributed by atoms with Crippen LogP contribution in [0.1, 0.15) is 0 Å². The van der Waals surface area contributed by atoms with Crippen LogP contribution in [0.5, 0.6) is 0 Å². The van der Waals surface area contributed by atoms with Crippen LogP contribution in [-0.2, 0) is 4.79 Å². The zero-order valence-electron chi connectivity index (χ0n) is 11.2. The molecule has 1 heterocycles.